The van der Waals surface area contributed by atoms with Crippen LogP contribution in [0.4, 0.5) is 0 Å². The molecule has 2 aromatic carbocycles. The summed E-state index contributed by atoms with van der Waals surface area (Å²) in [5, 5.41) is 1.82. The molecule has 0 heterocycles. The Balaban J connectivity index is 2.97. The van der Waals surface area contributed by atoms with Crippen molar-refractivity contribution < 1.29 is 9.59 Å². The molecule has 74 valence electrons. The molecule has 2 rings (SSSR count). The highest BCUT2D eigenvalue weighted by molar-refractivity contribution is 6.05. The molecule has 0 aliphatic carbocycles. The average Bonchev–Trinajstić information content (AvgIpc) is 2.27. The first-order chi connectivity index (χ1) is 7.27. The van der Waals surface area contributed by atoms with Gasteiger partial charge in [-0.3, -0.25) is 9.59 Å². The van der Waals surface area contributed by atoms with Crippen molar-refractivity contribution in [1.29, 1.82) is 0 Å². The molecule has 2 aromatic rings. The largest absolute Gasteiger partial charge is 0.298 e. The van der Waals surface area contributed by atoms with Crippen LogP contribution in [0.15, 0.2) is 30.3 Å². The molecule has 0 radical (unpaired) electrons. The molecular formula is C13H10O2. The number of carbonyl (C=O) groups is 2. The monoisotopic (exact) mass is 198 g/mol. The fraction of sp³-hybridized carbons (Fsp3) is 0.0769. The molecule has 15 heavy (non-hydrogen) atoms. The molecule has 0 aromatic heterocycles. The van der Waals surface area contributed by atoms with Crippen molar-refractivity contribution in [3.8, 4) is 0 Å². The number of rotatable bonds is 2. The summed E-state index contributed by atoms with van der Waals surface area (Å²) in [7, 11) is 0. The van der Waals surface area contributed by atoms with Crippen molar-refractivity contribution in [2.75, 3.05) is 0 Å². The summed E-state index contributed by atoms with van der Waals surface area (Å²) in [5.74, 6) is 0. The number of hydrogen-bond donors (Lipinski definition) is 0. The molecule has 0 unspecified atom stereocenters. The minimum absolute atomic E-state index is 0.487. The van der Waals surface area contributed by atoms with Crippen molar-refractivity contribution >= 4 is 23.3 Å². The van der Waals surface area contributed by atoms with Crippen LogP contribution in [0, 0.1) is 6.92 Å². The Morgan fingerprint density at radius 3 is 2.33 bits per heavy atom. The molecule has 0 atom stereocenters. The van der Waals surface area contributed by atoms with E-state index in [-0.39, 0.29) is 0 Å². The van der Waals surface area contributed by atoms with Crippen LogP contribution in [0.5, 0.6) is 0 Å². The average molecular weight is 198 g/mol. The lowest BCUT2D eigenvalue weighted by molar-refractivity contribution is 0.109. The fourth-order valence-corrected chi connectivity index (χ4v) is 1.82. The summed E-state index contributed by atoms with van der Waals surface area (Å²) in [6, 6.07) is 9.48. The summed E-state index contributed by atoms with van der Waals surface area (Å²) >= 11 is 0. The van der Waals surface area contributed by atoms with Crippen LogP contribution in [-0.4, -0.2) is 12.6 Å². The summed E-state index contributed by atoms with van der Waals surface area (Å²) in [6.07, 6.45) is 1.49. The van der Waals surface area contributed by atoms with Gasteiger partial charge in [0.2, 0.25) is 0 Å². The van der Waals surface area contributed by atoms with Gasteiger partial charge < -0.3 is 0 Å². The number of aryl methyl sites for hydroxylation is 1. The van der Waals surface area contributed by atoms with E-state index in [1.165, 1.54) is 0 Å². The zero-order valence-electron chi connectivity index (χ0n) is 8.36. The van der Waals surface area contributed by atoms with Gasteiger partial charge >= 0.3 is 0 Å². The Morgan fingerprint density at radius 1 is 1.00 bits per heavy atom. The fourth-order valence-electron chi connectivity index (χ4n) is 1.82. The first-order valence-corrected chi connectivity index (χ1v) is 4.70. The third-order valence-electron chi connectivity index (χ3n) is 2.57. The lowest BCUT2D eigenvalue weighted by Crippen LogP contribution is -1.96. The topological polar surface area (TPSA) is 34.1 Å². The van der Waals surface area contributed by atoms with E-state index in [1.54, 1.807) is 0 Å². The molecule has 0 bridgehead atoms. The predicted octanol–water partition coefficient (Wildman–Crippen LogP) is 2.77. The first-order valence-electron chi connectivity index (χ1n) is 4.70. The Morgan fingerprint density at radius 2 is 1.67 bits per heavy atom. The minimum Gasteiger partial charge on any atom is -0.298 e. The van der Waals surface area contributed by atoms with Gasteiger partial charge in [-0.2, -0.15) is 0 Å². The summed E-state index contributed by atoms with van der Waals surface area (Å²) in [4.78, 5) is 21.9. The van der Waals surface area contributed by atoms with Crippen LogP contribution in [0.1, 0.15) is 26.3 Å². The second-order valence-electron chi connectivity index (χ2n) is 3.48. The maximum absolute atomic E-state index is 11.0. The highest BCUT2D eigenvalue weighted by Crippen LogP contribution is 2.23. The van der Waals surface area contributed by atoms with Crippen LogP contribution >= 0.6 is 0 Å². The smallest absolute Gasteiger partial charge is 0.151 e. The zero-order valence-corrected chi connectivity index (χ0v) is 8.36. The Hall–Kier alpha value is -1.96. The third kappa shape index (κ3) is 1.44. The minimum atomic E-state index is 0.487. The van der Waals surface area contributed by atoms with Gasteiger partial charge in [0, 0.05) is 11.1 Å². The lowest BCUT2D eigenvalue weighted by atomic mass is 9.96. The van der Waals surface area contributed by atoms with Gasteiger partial charge in [-0.1, -0.05) is 30.3 Å². The maximum Gasteiger partial charge on any atom is 0.151 e. The highest BCUT2D eigenvalue weighted by Gasteiger charge is 2.08. The SMILES string of the molecule is Cc1cc2ccccc2c(C=O)c1C=O. The second kappa shape index (κ2) is 3.65. The molecule has 0 spiro atoms. The Kier molecular flexibility index (Phi) is 2.34. The number of benzene rings is 2. The van der Waals surface area contributed by atoms with Crippen LogP contribution in [0.3, 0.4) is 0 Å². The third-order valence-corrected chi connectivity index (χ3v) is 2.57. The molecule has 2 heteroatoms. The van der Waals surface area contributed by atoms with E-state index in [0.717, 1.165) is 28.9 Å². The van der Waals surface area contributed by atoms with E-state index in [1.807, 2.05) is 37.3 Å². The molecule has 0 N–H and O–H groups in total. The van der Waals surface area contributed by atoms with E-state index in [9.17, 15) is 9.59 Å². The molecule has 0 saturated heterocycles. The predicted molar refractivity (Wildman–Crippen MR) is 59.5 cm³/mol. The molecule has 0 aliphatic rings. The van der Waals surface area contributed by atoms with Gasteiger partial charge in [-0.05, 0) is 23.3 Å². The molecule has 0 amide bonds. The van der Waals surface area contributed by atoms with Crippen molar-refractivity contribution in [3.05, 3.63) is 47.0 Å². The Labute approximate surface area is 87.5 Å². The van der Waals surface area contributed by atoms with Gasteiger partial charge in [0.05, 0.1) is 0 Å². The van der Waals surface area contributed by atoms with Crippen molar-refractivity contribution in [2.24, 2.45) is 0 Å². The number of fused-ring (bicyclic) bond motifs is 1. The van der Waals surface area contributed by atoms with Crippen LogP contribution in [-0.2, 0) is 0 Å². The zero-order chi connectivity index (χ0) is 10.8. The van der Waals surface area contributed by atoms with Gasteiger partial charge in [-0.15, -0.1) is 0 Å². The van der Waals surface area contributed by atoms with Gasteiger partial charge in [0.25, 0.3) is 0 Å². The van der Waals surface area contributed by atoms with Gasteiger partial charge in [0.1, 0.15) is 0 Å². The number of carbonyl (C=O) groups excluding carboxylic acids is 2. The normalized spacial score (nSPS) is 10.2. The van der Waals surface area contributed by atoms with E-state index in [0.29, 0.717) is 11.1 Å². The summed E-state index contributed by atoms with van der Waals surface area (Å²) in [5.41, 5.74) is 1.81. The van der Waals surface area contributed by atoms with Crippen LogP contribution in [0.2, 0.25) is 0 Å². The van der Waals surface area contributed by atoms with Crippen LogP contribution < -0.4 is 0 Å². The second-order valence-corrected chi connectivity index (χ2v) is 3.48. The maximum atomic E-state index is 11.0. The van der Waals surface area contributed by atoms with E-state index in [2.05, 4.69) is 0 Å². The van der Waals surface area contributed by atoms with E-state index >= 15 is 0 Å². The van der Waals surface area contributed by atoms with Gasteiger partial charge in [-0.25, -0.2) is 0 Å². The molecule has 0 fully saturated rings. The van der Waals surface area contributed by atoms with Crippen molar-refractivity contribution in [1.82, 2.24) is 0 Å². The lowest BCUT2D eigenvalue weighted by Gasteiger charge is -2.06. The van der Waals surface area contributed by atoms with Crippen molar-refractivity contribution in [3.63, 3.8) is 0 Å². The molecule has 2 nitrogen and oxygen atoms in total. The molecule has 0 saturated carbocycles. The Bertz CT molecular complexity index is 541. The summed E-state index contributed by atoms with van der Waals surface area (Å²) in [6.45, 7) is 1.84. The van der Waals surface area contributed by atoms with E-state index in [4.69, 9.17) is 0 Å². The number of hydrogen-bond acceptors (Lipinski definition) is 2. The standard InChI is InChI=1S/C13H10O2/c1-9-6-10-4-2-3-5-11(10)13(8-15)12(9)7-14/h2-8H,1H3. The summed E-state index contributed by atoms with van der Waals surface area (Å²) < 4.78 is 0. The quantitative estimate of drug-likeness (QED) is 0.695. The highest BCUT2D eigenvalue weighted by atomic mass is 16.1. The first kappa shape index (κ1) is 9.59. The molecular weight excluding hydrogens is 188 g/mol. The molecule has 0 aliphatic heterocycles. The van der Waals surface area contributed by atoms with Gasteiger partial charge in [0.15, 0.2) is 12.6 Å². The van der Waals surface area contributed by atoms with Crippen LogP contribution in [0.25, 0.3) is 10.8 Å². The van der Waals surface area contributed by atoms with E-state index < -0.39 is 0 Å². The van der Waals surface area contributed by atoms with Crippen molar-refractivity contribution in [2.45, 2.75) is 6.92 Å². The number of aldehydes is 2.